The minimum absolute atomic E-state index is 0.108. The quantitative estimate of drug-likeness (QED) is 0.625. The van der Waals surface area contributed by atoms with E-state index in [1.165, 1.54) is 18.2 Å². The van der Waals surface area contributed by atoms with Crippen LogP contribution in [-0.2, 0) is 9.84 Å². The second-order valence-corrected chi connectivity index (χ2v) is 9.52. The molecule has 31 heavy (non-hydrogen) atoms. The van der Waals surface area contributed by atoms with Gasteiger partial charge in [-0.2, -0.15) is 0 Å². The molecule has 0 aliphatic carbocycles. The van der Waals surface area contributed by atoms with E-state index in [0.29, 0.717) is 43.0 Å². The Hall–Kier alpha value is -3.19. The van der Waals surface area contributed by atoms with Gasteiger partial charge in [0, 0.05) is 38.0 Å². The van der Waals surface area contributed by atoms with Crippen molar-refractivity contribution in [2.75, 3.05) is 37.3 Å². The van der Waals surface area contributed by atoms with Crippen molar-refractivity contribution in [3.63, 3.8) is 0 Å². The molecule has 1 saturated heterocycles. The maximum atomic E-state index is 14.1. The van der Waals surface area contributed by atoms with Gasteiger partial charge < -0.3 is 9.80 Å². The minimum atomic E-state index is -3.46. The van der Waals surface area contributed by atoms with E-state index in [1.807, 2.05) is 35.2 Å². The Kier molecular flexibility index (Phi) is 5.78. The molecule has 1 amide bonds. The number of piperazine rings is 1. The molecule has 7 heteroatoms. The zero-order valence-electron chi connectivity index (χ0n) is 17.1. The van der Waals surface area contributed by atoms with Gasteiger partial charge in [-0.1, -0.05) is 42.5 Å². The highest BCUT2D eigenvalue weighted by Gasteiger charge is 2.26. The van der Waals surface area contributed by atoms with E-state index in [2.05, 4.69) is 6.07 Å². The monoisotopic (exact) mass is 437 g/mol. The smallest absolute Gasteiger partial charge is 0.254 e. The van der Waals surface area contributed by atoms with Gasteiger partial charge in [-0.25, -0.2) is 12.8 Å². The number of hydrogen-bond donors (Lipinski definition) is 0. The molecule has 1 heterocycles. The van der Waals surface area contributed by atoms with Gasteiger partial charge in [-0.05, 0) is 41.5 Å². The molecule has 3 aromatic rings. The fourth-order valence-corrected chi connectivity index (χ4v) is 4.43. The Labute approximate surface area is 181 Å². The molecular weight excluding hydrogens is 415 g/mol. The van der Waals surface area contributed by atoms with Crippen molar-refractivity contribution in [2.45, 2.75) is 4.90 Å². The molecular formula is C24H22FN2O3S. The molecule has 4 rings (SSSR count). The molecule has 0 spiro atoms. The molecule has 159 valence electrons. The molecule has 1 radical (unpaired) electrons. The van der Waals surface area contributed by atoms with E-state index in [1.54, 1.807) is 23.1 Å². The number of rotatable bonds is 4. The molecule has 5 nitrogen and oxygen atoms in total. The third kappa shape index (κ3) is 4.46. The van der Waals surface area contributed by atoms with Crippen molar-refractivity contribution >= 4 is 21.4 Å². The third-order valence-corrected chi connectivity index (χ3v) is 6.54. The maximum absolute atomic E-state index is 14.1. The van der Waals surface area contributed by atoms with Gasteiger partial charge in [-0.15, -0.1) is 0 Å². The number of hydrogen-bond acceptors (Lipinski definition) is 4. The van der Waals surface area contributed by atoms with Gasteiger partial charge in [0.25, 0.3) is 5.91 Å². The zero-order valence-corrected chi connectivity index (χ0v) is 17.9. The van der Waals surface area contributed by atoms with Crippen molar-refractivity contribution in [1.82, 2.24) is 4.90 Å². The first kappa shape index (κ1) is 21.1. The van der Waals surface area contributed by atoms with Gasteiger partial charge in [0.05, 0.1) is 10.6 Å². The summed E-state index contributed by atoms with van der Waals surface area (Å²) in [5, 5.41) is 0. The molecule has 1 aliphatic rings. The molecule has 0 bridgehead atoms. The van der Waals surface area contributed by atoms with Crippen LogP contribution in [0.3, 0.4) is 0 Å². The highest BCUT2D eigenvalue weighted by Crippen LogP contribution is 2.28. The second-order valence-electron chi connectivity index (χ2n) is 7.50. The van der Waals surface area contributed by atoms with Crippen molar-refractivity contribution in [2.24, 2.45) is 0 Å². The Morgan fingerprint density at radius 1 is 1.00 bits per heavy atom. The summed E-state index contributed by atoms with van der Waals surface area (Å²) in [5.41, 5.74) is 2.37. The summed E-state index contributed by atoms with van der Waals surface area (Å²) >= 11 is 0. The Bertz CT molecular complexity index is 1200. The highest BCUT2D eigenvalue weighted by atomic mass is 32.2. The lowest BCUT2D eigenvalue weighted by Crippen LogP contribution is -2.49. The first-order chi connectivity index (χ1) is 14.8. The van der Waals surface area contributed by atoms with Crippen LogP contribution in [-0.4, -0.2) is 51.7 Å². The lowest BCUT2D eigenvalue weighted by molar-refractivity contribution is 0.0747. The van der Waals surface area contributed by atoms with Gasteiger partial charge in [0.15, 0.2) is 9.84 Å². The van der Waals surface area contributed by atoms with E-state index in [0.717, 1.165) is 11.8 Å². The standard InChI is InChI=1S/C24H22FN2O3S/c1-31(29,30)19-11-12-20(18-7-3-2-4-8-18)21(17-19)24(28)27-15-13-26(14-16-27)23-10-6-5-9-22(23)25/h2-4,6-12,17H,13-16H2,1H3. The SMILES string of the molecule is CS(=O)(=O)c1ccc(-c2ccccc2)c(C(=O)N2CCN(c3cc[c]cc3F)CC2)c1. The summed E-state index contributed by atoms with van der Waals surface area (Å²) in [4.78, 5) is 17.1. The largest absolute Gasteiger partial charge is 0.366 e. The van der Waals surface area contributed by atoms with E-state index in [9.17, 15) is 17.6 Å². The molecule has 1 aliphatic heterocycles. The number of halogens is 1. The summed E-state index contributed by atoms with van der Waals surface area (Å²) in [6.07, 6.45) is 1.13. The van der Waals surface area contributed by atoms with Gasteiger partial charge in [-0.3, -0.25) is 4.79 Å². The average molecular weight is 438 g/mol. The molecule has 0 aromatic heterocycles. The van der Waals surface area contributed by atoms with Crippen LogP contribution in [0.5, 0.6) is 0 Å². The van der Waals surface area contributed by atoms with E-state index in [-0.39, 0.29) is 16.6 Å². The van der Waals surface area contributed by atoms with Crippen LogP contribution in [0.1, 0.15) is 10.4 Å². The van der Waals surface area contributed by atoms with Gasteiger partial charge in [0.1, 0.15) is 5.82 Å². The molecule has 1 fully saturated rings. The number of anilines is 1. The number of amides is 1. The van der Waals surface area contributed by atoms with Crippen molar-refractivity contribution in [3.05, 3.63) is 84.2 Å². The average Bonchev–Trinajstić information content (AvgIpc) is 2.79. The molecule has 0 saturated carbocycles. The summed E-state index contributed by atoms with van der Waals surface area (Å²) in [6.45, 7) is 1.79. The fourth-order valence-electron chi connectivity index (χ4n) is 3.78. The summed E-state index contributed by atoms with van der Waals surface area (Å²) in [6, 6.07) is 21.4. The summed E-state index contributed by atoms with van der Waals surface area (Å²) in [7, 11) is -3.46. The van der Waals surface area contributed by atoms with Gasteiger partial charge >= 0.3 is 0 Å². The third-order valence-electron chi connectivity index (χ3n) is 5.43. The molecule has 3 aromatic carbocycles. The van der Waals surface area contributed by atoms with E-state index >= 15 is 0 Å². The summed E-state index contributed by atoms with van der Waals surface area (Å²) in [5.74, 6) is -0.569. The molecule has 0 unspecified atom stereocenters. The van der Waals surface area contributed by atoms with Crippen LogP contribution >= 0.6 is 0 Å². The molecule has 0 N–H and O–H groups in total. The van der Waals surface area contributed by atoms with E-state index < -0.39 is 9.84 Å². The van der Waals surface area contributed by atoms with E-state index in [4.69, 9.17) is 0 Å². The summed E-state index contributed by atoms with van der Waals surface area (Å²) < 4.78 is 38.3. The Morgan fingerprint density at radius 2 is 1.71 bits per heavy atom. The van der Waals surface area contributed by atoms with Crippen molar-refractivity contribution in [1.29, 1.82) is 0 Å². The van der Waals surface area contributed by atoms with Crippen LogP contribution in [0.15, 0.2) is 71.6 Å². The van der Waals surface area contributed by atoms with Crippen molar-refractivity contribution < 1.29 is 17.6 Å². The number of carbonyl (C=O) groups is 1. The lowest BCUT2D eigenvalue weighted by Gasteiger charge is -2.36. The van der Waals surface area contributed by atoms with Crippen LogP contribution in [0.2, 0.25) is 0 Å². The molecule has 0 atom stereocenters. The predicted octanol–water partition coefficient (Wildman–Crippen LogP) is 3.66. The topological polar surface area (TPSA) is 57.7 Å². The normalized spacial score (nSPS) is 14.5. The predicted molar refractivity (Wildman–Crippen MR) is 118 cm³/mol. The fraction of sp³-hybridized carbons (Fsp3) is 0.208. The van der Waals surface area contributed by atoms with Crippen LogP contribution in [0, 0.1) is 11.9 Å². The number of sulfone groups is 1. The van der Waals surface area contributed by atoms with Gasteiger partial charge in [0.2, 0.25) is 0 Å². The van der Waals surface area contributed by atoms with Crippen LogP contribution < -0.4 is 4.90 Å². The first-order valence-electron chi connectivity index (χ1n) is 9.94. The van der Waals surface area contributed by atoms with Crippen molar-refractivity contribution in [3.8, 4) is 11.1 Å². The maximum Gasteiger partial charge on any atom is 0.254 e. The van der Waals surface area contributed by atoms with Crippen LogP contribution in [0.25, 0.3) is 11.1 Å². The number of nitrogens with zero attached hydrogens (tertiary/aromatic N) is 2. The minimum Gasteiger partial charge on any atom is -0.366 e. The number of benzene rings is 3. The zero-order chi connectivity index (χ0) is 22.0. The first-order valence-corrected chi connectivity index (χ1v) is 11.8. The number of carbonyl (C=O) groups excluding carboxylic acids is 1. The lowest BCUT2D eigenvalue weighted by atomic mass is 9.98. The second kappa shape index (κ2) is 8.51. The van der Waals surface area contributed by atoms with Crippen LogP contribution in [0.4, 0.5) is 10.1 Å². The Balaban J connectivity index is 1.63. The Morgan fingerprint density at radius 3 is 2.35 bits per heavy atom. The highest BCUT2D eigenvalue weighted by molar-refractivity contribution is 7.90.